The van der Waals surface area contributed by atoms with Gasteiger partial charge in [-0.1, -0.05) is 19.8 Å². The van der Waals surface area contributed by atoms with Crippen LogP contribution < -0.4 is 5.43 Å². The molecule has 110 valence electrons. The van der Waals surface area contributed by atoms with Crippen LogP contribution >= 0.6 is 0 Å². The summed E-state index contributed by atoms with van der Waals surface area (Å²) in [6.45, 7) is 3.23. The average Bonchev–Trinajstić information content (AvgIpc) is 2.42. The van der Waals surface area contributed by atoms with Gasteiger partial charge in [0, 0.05) is 18.8 Å². The summed E-state index contributed by atoms with van der Waals surface area (Å²) in [5.74, 6) is 0.576. The first-order valence-corrected chi connectivity index (χ1v) is 7.04. The van der Waals surface area contributed by atoms with Crippen molar-refractivity contribution in [2.75, 3.05) is 6.61 Å². The third-order valence-electron chi connectivity index (χ3n) is 3.87. The number of pyridine rings is 1. The van der Waals surface area contributed by atoms with Gasteiger partial charge >= 0.3 is 5.69 Å². The highest BCUT2D eigenvalue weighted by Gasteiger charge is 2.21. The standard InChI is InChI=1S/C14H20N2O4/c1-11-4-2-3-5-14(11)20-9-8-15-7-6-13(17)12(10-15)16(18)19/h6-7,10-11,14H,2-5,8-9H2,1H3/t11-,14-/m1/s1. The number of rotatable bonds is 5. The Bertz CT molecular complexity index is 526. The number of hydrogen-bond acceptors (Lipinski definition) is 4. The maximum atomic E-state index is 11.3. The zero-order valence-electron chi connectivity index (χ0n) is 11.7. The molecule has 0 amide bonds. The summed E-state index contributed by atoms with van der Waals surface area (Å²) in [5, 5.41) is 10.7. The van der Waals surface area contributed by atoms with Crippen LogP contribution in [0, 0.1) is 16.0 Å². The van der Waals surface area contributed by atoms with Crippen LogP contribution in [0.4, 0.5) is 5.69 Å². The Morgan fingerprint density at radius 3 is 2.90 bits per heavy atom. The van der Waals surface area contributed by atoms with Crippen LogP contribution in [0.2, 0.25) is 0 Å². The lowest BCUT2D eigenvalue weighted by Crippen LogP contribution is -2.27. The van der Waals surface area contributed by atoms with E-state index in [-0.39, 0.29) is 6.10 Å². The van der Waals surface area contributed by atoms with Crippen molar-refractivity contribution in [3.05, 3.63) is 38.8 Å². The van der Waals surface area contributed by atoms with Gasteiger partial charge in [-0.05, 0) is 18.8 Å². The second kappa shape index (κ2) is 6.65. The lowest BCUT2D eigenvalue weighted by Gasteiger charge is -2.28. The third-order valence-corrected chi connectivity index (χ3v) is 3.87. The van der Waals surface area contributed by atoms with Gasteiger partial charge in [-0.3, -0.25) is 14.9 Å². The molecule has 0 bridgehead atoms. The van der Waals surface area contributed by atoms with Crippen molar-refractivity contribution in [2.24, 2.45) is 5.92 Å². The van der Waals surface area contributed by atoms with E-state index < -0.39 is 16.0 Å². The van der Waals surface area contributed by atoms with Gasteiger partial charge in [0.05, 0.1) is 23.8 Å². The molecule has 0 unspecified atom stereocenters. The summed E-state index contributed by atoms with van der Waals surface area (Å²) in [7, 11) is 0. The van der Waals surface area contributed by atoms with Gasteiger partial charge in [-0.15, -0.1) is 0 Å². The second-order valence-electron chi connectivity index (χ2n) is 5.36. The van der Waals surface area contributed by atoms with E-state index in [9.17, 15) is 14.9 Å². The SMILES string of the molecule is C[C@@H]1CCCC[C@H]1OCCn1ccc(=O)c([N+](=O)[O-])c1. The molecule has 0 aliphatic heterocycles. The first-order valence-electron chi connectivity index (χ1n) is 7.04. The molecule has 1 aliphatic carbocycles. The van der Waals surface area contributed by atoms with Crippen LogP contribution in [0.1, 0.15) is 32.6 Å². The molecule has 1 fully saturated rings. The van der Waals surface area contributed by atoms with Gasteiger partial charge < -0.3 is 9.30 Å². The van der Waals surface area contributed by atoms with E-state index in [1.54, 1.807) is 10.8 Å². The third kappa shape index (κ3) is 3.66. The summed E-state index contributed by atoms with van der Waals surface area (Å²) >= 11 is 0. The minimum absolute atomic E-state index is 0.290. The lowest BCUT2D eigenvalue weighted by atomic mass is 9.88. The van der Waals surface area contributed by atoms with Crippen LogP contribution in [0.5, 0.6) is 0 Å². The maximum Gasteiger partial charge on any atom is 0.332 e. The highest BCUT2D eigenvalue weighted by Crippen LogP contribution is 2.26. The van der Waals surface area contributed by atoms with Crippen molar-refractivity contribution in [1.82, 2.24) is 4.57 Å². The molecule has 20 heavy (non-hydrogen) atoms. The van der Waals surface area contributed by atoms with E-state index in [4.69, 9.17) is 4.74 Å². The minimum Gasteiger partial charge on any atom is -0.376 e. The van der Waals surface area contributed by atoms with E-state index in [2.05, 4.69) is 6.92 Å². The smallest absolute Gasteiger partial charge is 0.332 e. The Morgan fingerprint density at radius 2 is 2.20 bits per heavy atom. The van der Waals surface area contributed by atoms with Crippen LogP contribution in [-0.2, 0) is 11.3 Å². The highest BCUT2D eigenvalue weighted by atomic mass is 16.6. The molecule has 1 aromatic rings. The monoisotopic (exact) mass is 280 g/mol. The minimum atomic E-state index is -0.650. The fourth-order valence-electron chi connectivity index (χ4n) is 2.63. The Balaban J connectivity index is 1.89. The van der Waals surface area contributed by atoms with Crippen LogP contribution in [0.3, 0.4) is 0 Å². The molecule has 6 nitrogen and oxygen atoms in total. The topological polar surface area (TPSA) is 74.4 Å². The van der Waals surface area contributed by atoms with Gasteiger partial charge in [-0.2, -0.15) is 0 Å². The molecule has 0 radical (unpaired) electrons. The molecule has 2 atom stereocenters. The molecule has 0 N–H and O–H groups in total. The summed E-state index contributed by atoms with van der Waals surface area (Å²) in [4.78, 5) is 21.3. The summed E-state index contributed by atoms with van der Waals surface area (Å²) < 4.78 is 7.49. The zero-order chi connectivity index (χ0) is 14.5. The van der Waals surface area contributed by atoms with Gasteiger partial charge in [0.2, 0.25) is 0 Å². The fourth-order valence-corrected chi connectivity index (χ4v) is 2.63. The van der Waals surface area contributed by atoms with E-state index in [0.29, 0.717) is 19.1 Å². The van der Waals surface area contributed by atoms with Crippen molar-refractivity contribution >= 4 is 5.69 Å². The summed E-state index contributed by atoms with van der Waals surface area (Å²) in [6, 6.07) is 1.22. The zero-order valence-corrected chi connectivity index (χ0v) is 11.7. The van der Waals surface area contributed by atoms with Crippen LogP contribution in [0.15, 0.2) is 23.3 Å². The summed E-state index contributed by atoms with van der Waals surface area (Å²) in [5.41, 5.74) is -0.952. The van der Waals surface area contributed by atoms with Gasteiger partial charge in [0.15, 0.2) is 0 Å². The van der Waals surface area contributed by atoms with Crippen molar-refractivity contribution in [1.29, 1.82) is 0 Å². The molecular weight excluding hydrogens is 260 g/mol. The van der Waals surface area contributed by atoms with Gasteiger partial charge in [0.25, 0.3) is 5.43 Å². The molecule has 1 aromatic heterocycles. The van der Waals surface area contributed by atoms with E-state index >= 15 is 0 Å². The lowest BCUT2D eigenvalue weighted by molar-refractivity contribution is -0.386. The van der Waals surface area contributed by atoms with Crippen molar-refractivity contribution in [2.45, 2.75) is 45.3 Å². The Labute approximate surface area is 117 Å². The van der Waals surface area contributed by atoms with E-state index in [0.717, 1.165) is 6.42 Å². The van der Waals surface area contributed by atoms with Gasteiger partial charge in [0.1, 0.15) is 0 Å². The molecule has 1 aliphatic rings. The predicted octanol–water partition coefficient (Wildman–Crippen LogP) is 2.35. The number of ether oxygens (including phenoxy) is 1. The second-order valence-corrected chi connectivity index (χ2v) is 5.36. The number of aromatic nitrogens is 1. The molecule has 1 saturated carbocycles. The normalized spacial score (nSPS) is 22.6. The summed E-state index contributed by atoms with van der Waals surface area (Å²) in [6.07, 6.45) is 7.89. The molecule has 2 rings (SSSR count). The Kier molecular flexibility index (Phi) is 4.89. The highest BCUT2D eigenvalue weighted by molar-refractivity contribution is 5.25. The van der Waals surface area contributed by atoms with Gasteiger partial charge in [-0.25, -0.2) is 0 Å². The number of nitro groups is 1. The molecule has 0 saturated heterocycles. The Hall–Kier alpha value is -1.69. The van der Waals surface area contributed by atoms with Crippen LogP contribution in [-0.4, -0.2) is 22.2 Å². The molecule has 0 spiro atoms. The average molecular weight is 280 g/mol. The molecule has 0 aromatic carbocycles. The molecule has 1 heterocycles. The number of hydrogen-bond donors (Lipinski definition) is 0. The number of nitrogens with zero attached hydrogens (tertiary/aromatic N) is 2. The first kappa shape index (κ1) is 14.7. The van der Waals surface area contributed by atoms with Crippen LogP contribution in [0.25, 0.3) is 0 Å². The fraction of sp³-hybridized carbons (Fsp3) is 0.643. The first-order chi connectivity index (χ1) is 9.58. The molecule has 6 heteroatoms. The quantitative estimate of drug-likeness (QED) is 0.613. The van der Waals surface area contributed by atoms with Crippen molar-refractivity contribution < 1.29 is 9.66 Å². The largest absolute Gasteiger partial charge is 0.376 e. The maximum absolute atomic E-state index is 11.3. The Morgan fingerprint density at radius 1 is 1.45 bits per heavy atom. The van der Waals surface area contributed by atoms with Crippen molar-refractivity contribution in [3.63, 3.8) is 0 Å². The van der Waals surface area contributed by atoms with E-state index in [1.165, 1.54) is 31.5 Å². The van der Waals surface area contributed by atoms with E-state index in [1.807, 2.05) is 0 Å². The van der Waals surface area contributed by atoms with Crippen molar-refractivity contribution in [3.8, 4) is 0 Å². The molecular formula is C14H20N2O4. The predicted molar refractivity (Wildman–Crippen MR) is 74.7 cm³/mol.